The summed E-state index contributed by atoms with van der Waals surface area (Å²) in [6, 6.07) is 7.49. The molecule has 1 aromatic heterocycles. The Kier molecular flexibility index (Phi) is 4.62. The molecule has 0 unspecified atom stereocenters. The van der Waals surface area contributed by atoms with E-state index in [-0.39, 0.29) is 6.42 Å². The maximum Gasteiger partial charge on any atom is 0.340 e. The molecule has 1 aliphatic heterocycles. The highest BCUT2D eigenvalue weighted by molar-refractivity contribution is 5.82. The molecule has 0 saturated carbocycles. The standard InChI is InChI=1S/C17H20N2O4/c1-2-22-16(20)11-13-9-12-10-14(19-7-5-18-6-8-19)3-4-15(12)23-17(13)21/h3-4,9-10,18H,2,5-8,11H2,1H3. The van der Waals surface area contributed by atoms with Gasteiger partial charge in [0.15, 0.2) is 0 Å². The third-order valence-electron chi connectivity index (χ3n) is 3.91. The molecule has 2 heterocycles. The molecule has 0 spiro atoms. The van der Waals surface area contributed by atoms with Crippen molar-refractivity contribution in [1.82, 2.24) is 5.32 Å². The van der Waals surface area contributed by atoms with E-state index in [1.807, 2.05) is 18.2 Å². The van der Waals surface area contributed by atoms with Crippen molar-refractivity contribution >= 4 is 22.6 Å². The van der Waals surface area contributed by atoms with Crippen LogP contribution >= 0.6 is 0 Å². The first kappa shape index (κ1) is 15.6. The van der Waals surface area contributed by atoms with Crippen LogP contribution in [0.5, 0.6) is 0 Å². The summed E-state index contributed by atoms with van der Waals surface area (Å²) in [6.45, 7) is 5.83. The molecule has 122 valence electrons. The van der Waals surface area contributed by atoms with Crippen LogP contribution in [0, 0.1) is 0 Å². The number of benzene rings is 1. The van der Waals surface area contributed by atoms with Crippen LogP contribution in [0.1, 0.15) is 12.5 Å². The smallest absolute Gasteiger partial charge is 0.340 e. The predicted octanol–water partition coefficient (Wildman–Crippen LogP) is 1.31. The summed E-state index contributed by atoms with van der Waals surface area (Å²) in [4.78, 5) is 25.8. The molecule has 3 rings (SSSR count). The second-order valence-corrected chi connectivity index (χ2v) is 5.50. The maximum absolute atomic E-state index is 12.0. The molecule has 1 aliphatic rings. The number of nitrogens with zero attached hydrogens (tertiary/aromatic N) is 1. The molecule has 0 radical (unpaired) electrons. The van der Waals surface area contributed by atoms with Crippen molar-refractivity contribution in [3.05, 3.63) is 40.2 Å². The Morgan fingerprint density at radius 1 is 1.30 bits per heavy atom. The predicted molar refractivity (Wildman–Crippen MR) is 87.9 cm³/mol. The van der Waals surface area contributed by atoms with Crippen LogP contribution in [0.25, 0.3) is 11.0 Å². The van der Waals surface area contributed by atoms with E-state index in [1.54, 1.807) is 13.0 Å². The van der Waals surface area contributed by atoms with Gasteiger partial charge in [-0.25, -0.2) is 4.79 Å². The molecular weight excluding hydrogens is 296 g/mol. The summed E-state index contributed by atoms with van der Waals surface area (Å²) < 4.78 is 10.2. The fraction of sp³-hybridized carbons (Fsp3) is 0.412. The summed E-state index contributed by atoms with van der Waals surface area (Å²) in [5.74, 6) is -0.419. The van der Waals surface area contributed by atoms with E-state index in [9.17, 15) is 9.59 Å². The average molecular weight is 316 g/mol. The summed E-state index contributed by atoms with van der Waals surface area (Å²) in [5, 5.41) is 4.14. The van der Waals surface area contributed by atoms with Crippen LogP contribution < -0.4 is 15.8 Å². The maximum atomic E-state index is 12.0. The number of rotatable bonds is 4. The normalized spacial score (nSPS) is 14.9. The van der Waals surface area contributed by atoms with Gasteiger partial charge in [-0.1, -0.05) is 0 Å². The van der Waals surface area contributed by atoms with Gasteiger partial charge in [-0.05, 0) is 31.2 Å². The SMILES string of the molecule is CCOC(=O)Cc1cc2cc(N3CCNCC3)ccc2oc1=O. The monoisotopic (exact) mass is 316 g/mol. The lowest BCUT2D eigenvalue weighted by molar-refractivity contribution is -0.142. The number of hydrogen-bond donors (Lipinski definition) is 1. The number of carbonyl (C=O) groups is 1. The van der Waals surface area contributed by atoms with E-state index in [0.29, 0.717) is 17.8 Å². The van der Waals surface area contributed by atoms with Crippen LogP contribution in [0.2, 0.25) is 0 Å². The van der Waals surface area contributed by atoms with Gasteiger partial charge in [0, 0.05) is 42.8 Å². The third kappa shape index (κ3) is 3.53. The van der Waals surface area contributed by atoms with Crippen LogP contribution in [0.3, 0.4) is 0 Å². The van der Waals surface area contributed by atoms with Crippen molar-refractivity contribution in [2.75, 3.05) is 37.7 Å². The molecule has 0 amide bonds. The fourth-order valence-corrected chi connectivity index (χ4v) is 2.76. The van der Waals surface area contributed by atoms with Crippen LogP contribution in [0.15, 0.2) is 33.5 Å². The number of esters is 1. The van der Waals surface area contributed by atoms with Gasteiger partial charge in [0.25, 0.3) is 0 Å². The van der Waals surface area contributed by atoms with E-state index in [2.05, 4.69) is 10.2 Å². The zero-order valence-electron chi connectivity index (χ0n) is 13.1. The number of hydrogen-bond acceptors (Lipinski definition) is 6. The molecule has 1 saturated heterocycles. The summed E-state index contributed by atoms with van der Waals surface area (Å²) in [6.07, 6.45) is -0.0655. The minimum Gasteiger partial charge on any atom is -0.466 e. The Balaban J connectivity index is 1.92. The van der Waals surface area contributed by atoms with Gasteiger partial charge >= 0.3 is 11.6 Å². The van der Waals surface area contributed by atoms with Gasteiger partial charge in [0.2, 0.25) is 0 Å². The van der Waals surface area contributed by atoms with E-state index in [4.69, 9.17) is 9.15 Å². The lowest BCUT2D eigenvalue weighted by Crippen LogP contribution is -2.43. The number of nitrogens with one attached hydrogen (secondary N) is 1. The van der Waals surface area contributed by atoms with Crippen molar-refractivity contribution in [2.24, 2.45) is 0 Å². The molecule has 2 aromatic rings. The van der Waals surface area contributed by atoms with Crippen molar-refractivity contribution < 1.29 is 13.9 Å². The molecule has 23 heavy (non-hydrogen) atoms. The first-order chi connectivity index (χ1) is 11.2. The second-order valence-electron chi connectivity index (χ2n) is 5.50. The number of carbonyl (C=O) groups excluding carboxylic acids is 1. The molecule has 0 bridgehead atoms. The minimum atomic E-state index is -0.486. The average Bonchev–Trinajstić information content (AvgIpc) is 2.56. The highest BCUT2D eigenvalue weighted by Gasteiger charge is 2.14. The van der Waals surface area contributed by atoms with Crippen molar-refractivity contribution in [3.8, 4) is 0 Å². The molecule has 6 nitrogen and oxygen atoms in total. The zero-order chi connectivity index (χ0) is 16.2. The second kappa shape index (κ2) is 6.83. The van der Waals surface area contributed by atoms with Gasteiger partial charge < -0.3 is 19.4 Å². The van der Waals surface area contributed by atoms with E-state index in [1.165, 1.54) is 0 Å². The summed E-state index contributed by atoms with van der Waals surface area (Å²) in [5.41, 5.74) is 1.46. The summed E-state index contributed by atoms with van der Waals surface area (Å²) in [7, 11) is 0. The van der Waals surface area contributed by atoms with Crippen LogP contribution in [-0.2, 0) is 16.0 Å². The molecule has 1 aromatic carbocycles. The van der Waals surface area contributed by atoms with E-state index >= 15 is 0 Å². The quantitative estimate of drug-likeness (QED) is 0.677. The van der Waals surface area contributed by atoms with E-state index < -0.39 is 11.6 Å². The van der Waals surface area contributed by atoms with Gasteiger partial charge in [-0.15, -0.1) is 0 Å². The number of ether oxygens (including phenoxy) is 1. The first-order valence-corrected chi connectivity index (χ1v) is 7.85. The van der Waals surface area contributed by atoms with Crippen molar-refractivity contribution in [1.29, 1.82) is 0 Å². The molecule has 6 heteroatoms. The molecular formula is C17H20N2O4. The highest BCUT2D eigenvalue weighted by Crippen LogP contribution is 2.22. The van der Waals surface area contributed by atoms with Crippen molar-refractivity contribution in [2.45, 2.75) is 13.3 Å². The number of anilines is 1. The van der Waals surface area contributed by atoms with Gasteiger partial charge in [0.1, 0.15) is 5.58 Å². The first-order valence-electron chi connectivity index (χ1n) is 7.85. The van der Waals surface area contributed by atoms with Crippen molar-refractivity contribution in [3.63, 3.8) is 0 Å². The van der Waals surface area contributed by atoms with Crippen LogP contribution in [-0.4, -0.2) is 38.8 Å². The highest BCUT2D eigenvalue weighted by atomic mass is 16.5. The number of piperazine rings is 1. The molecule has 0 aliphatic carbocycles. The third-order valence-corrected chi connectivity index (χ3v) is 3.91. The minimum absolute atomic E-state index is 0.0655. The van der Waals surface area contributed by atoms with Crippen LogP contribution in [0.4, 0.5) is 5.69 Å². The van der Waals surface area contributed by atoms with E-state index in [0.717, 1.165) is 37.3 Å². The Hall–Kier alpha value is -2.34. The Morgan fingerprint density at radius 3 is 2.83 bits per heavy atom. The lowest BCUT2D eigenvalue weighted by atomic mass is 10.1. The lowest BCUT2D eigenvalue weighted by Gasteiger charge is -2.29. The Bertz CT molecular complexity index is 763. The molecule has 1 fully saturated rings. The molecule has 1 N–H and O–H groups in total. The zero-order valence-corrected chi connectivity index (χ0v) is 13.1. The largest absolute Gasteiger partial charge is 0.466 e. The Morgan fingerprint density at radius 2 is 2.09 bits per heavy atom. The summed E-state index contributed by atoms with van der Waals surface area (Å²) >= 11 is 0. The van der Waals surface area contributed by atoms with Gasteiger partial charge in [0.05, 0.1) is 13.0 Å². The van der Waals surface area contributed by atoms with Gasteiger partial charge in [-0.2, -0.15) is 0 Å². The van der Waals surface area contributed by atoms with Gasteiger partial charge in [-0.3, -0.25) is 4.79 Å². The topological polar surface area (TPSA) is 71.8 Å². The number of fused-ring (bicyclic) bond motifs is 1. The Labute approximate surface area is 134 Å². The fourth-order valence-electron chi connectivity index (χ4n) is 2.76. The molecule has 0 atom stereocenters.